The molecule has 1 aromatic rings. The third-order valence-electron chi connectivity index (χ3n) is 2.57. The van der Waals surface area contributed by atoms with Crippen LogP contribution >= 0.6 is 11.3 Å². The highest BCUT2D eigenvalue weighted by Gasteiger charge is 2.27. The largest absolute Gasteiger partial charge is 0.391 e. The predicted molar refractivity (Wildman–Crippen MR) is 60.5 cm³/mol. The first-order valence-electron chi connectivity index (χ1n) is 5.38. The van der Waals surface area contributed by atoms with Gasteiger partial charge >= 0.3 is 0 Å². The van der Waals surface area contributed by atoms with Crippen molar-refractivity contribution in [2.45, 2.75) is 32.3 Å². The number of β-amino-alcohol motifs (C(OH)–C–C–N with tert-alkyl or cyclic N) is 1. The molecule has 2 rings (SSSR count). The number of rotatable bonds is 2. The quantitative estimate of drug-likeness (QED) is 0.834. The van der Waals surface area contributed by atoms with E-state index in [2.05, 4.69) is 10.2 Å². The van der Waals surface area contributed by atoms with Crippen LogP contribution in [0.5, 0.6) is 0 Å². The van der Waals surface area contributed by atoms with Crippen LogP contribution in [0.15, 0.2) is 0 Å². The molecule has 1 amide bonds. The van der Waals surface area contributed by atoms with Gasteiger partial charge < -0.3 is 10.0 Å². The average molecular weight is 241 g/mol. The minimum Gasteiger partial charge on any atom is -0.391 e. The van der Waals surface area contributed by atoms with Gasteiger partial charge in [0, 0.05) is 19.0 Å². The molecule has 1 saturated heterocycles. The summed E-state index contributed by atoms with van der Waals surface area (Å²) in [5.74, 6) is 0.184. The first-order chi connectivity index (χ1) is 7.58. The standard InChI is InChI=1S/C10H15N3O2S/c1-6(2)8-11-12-9(16-8)10(15)13-4-3-7(14)5-13/h6-7,14H,3-5H2,1-2H3/t7-/m1/s1. The van der Waals surface area contributed by atoms with Crippen LogP contribution < -0.4 is 0 Å². The number of hydrogen-bond donors (Lipinski definition) is 1. The molecule has 1 aliphatic rings. The maximum Gasteiger partial charge on any atom is 0.284 e. The number of nitrogens with zero attached hydrogens (tertiary/aromatic N) is 3. The zero-order valence-corrected chi connectivity index (χ0v) is 10.2. The molecule has 0 aliphatic carbocycles. The molecule has 1 aromatic heterocycles. The molecular formula is C10H15N3O2S. The Morgan fingerprint density at radius 1 is 1.56 bits per heavy atom. The fourth-order valence-corrected chi connectivity index (χ4v) is 2.43. The highest BCUT2D eigenvalue weighted by atomic mass is 32.1. The van der Waals surface area contributed by atoms with Crippen molar-refractivity contribution in [2.75, 3.05) is 13.1 Å². The molecule has 0 radical (unpaired) electrons. The van der Waals surface area contributed by atoms with E-state index in [-0.39, 0.29) is 12.0 Å². The van der Waals surface area contributed by atoms with Gasteiger partial charge in [0.2, 0.25) is 5.01 Å². The van der Waals surface area contributed by atoms with Crippen molar-refractivity contribution in [3.8, 4) is 0 Å². The van der Waals surface area contributed by atoms with Crippen molar-refractivity contribution in [1.29, 1.82) is 0 Å². The topological polar surface area (TPSA) is 66.3 Å². The van der Waals surface area contributed by atoms with Gasteiger partial charge in [0.15, 0.2) is 0 Å². The minimum atomic E-state index is -0.388. The molecule has 0 aromatic carbocycles. The van der Waals surface area contributed by atoms with Gasteiger partial charge in [-0.15, -0.1) is 10.2 Å². The van der Waals surface area contributed by atoms with E-state index in [0.717, 1.165) is 5.01 Å². The third kappa shape index (κ3) is 2.22. The molecule has 5 nitrogen and oxygen atoms in total. The van der Waals surface area contributed by atoms with Crippen LogP contribution in [0.1, 0.15) is 41.0 Å². The Hall–Kier alpha value is -1.01. The monoisotopic (exact) mass is 241 g/mol. The highest BCUT2D eigenvalue weighted by Crippen LogP contribution is 2.21. The lowest BCUT2D eigenvalue weighted by atomic mass is 10.2. The number of carbonyl (C=O) groups excluding carboxylic acids is 1. The van der Waals surface area contributed by atoms with Crippen molar-refractivity contribution < 1.29 is 9.90 Å². The minimum absolute atomic E-state index is 0.110. The van der Waals surface area contributed by atoms with Gasteiger partial charge in [-0.25, -0.2) is 0 Å². The highest BCUT2D eigenvalue weighted by molar-refractivity contribution is 7.13. The van der Waals surface area contributed by atoms with Crippen LogP contribution in [0.3, 0.4) is 0 Å². The van der Waals surface area contributed by atoms with Crippen LogP contribution in [0.2, 0.25) is 0 Å². The van der Waals surface area contributed by atoms with Crippen molar-refractivity contribution in [1.82, 2.24) is 15.1 Å². The second-order valence-corrected chi connectivity index (χ2v) is 5.30. The Bertz CT molecular complexity index is 391. The van der Waals surface area contributed by atoms with Gasteiger partial charge in [-0.05, 0) is 6.42 Å². The lowest BCUT2D eigenvalue weighted by Gasteiger charge is -2.12. The average Bonchev–Trinajstić information content (AvgIpc) is 2.84. The van der Waals surface area contributed by atoms with Crippen LogP contribution in [-0.2, 0) is 0 Å². The molecule has 2 heterocycles. The number of amides is 1. The molecule has 0 spiro atoms. The summed E-state index contributed by atoms with van der Waals surface area (Å²) in [6, 6.07) is 0. The van der Waals surface area contributed by atoms with Gasteiger partial charge in [-0.2, -0.15) is 0 Å². The van der Waals surface area contributed by atoms with E-state index in [1.54, 1.807) is 4.90 Å². The second kappa shape index (κ2) is 4.47. The Morgan fingerprint density at radius 3 is 2.81 bits per heavy atom. The Morgan fingerprint density at radius 2 is 2.31 bits per heavy atom. The van der Waals surface area contributed by atoms with Gasteiger partial charge in [0.25, 0.3) is 5.91 Å². The molecule has 1 fully saturated rings. The predicted octanol–water partition coefficient (Wildman–Crippen LogP) is 0.868. The summed E-state index contributed by atoms with van der Waals surface area (Å²) >= 11 is 1.34. The number of aliphatic hydroxyl groups is 1. The summed E-state index contributed by atoms with van der Waals surface area (Å²) in [5.41, 5.74) is 0. The number of likely N-dealkylation sites (tertiary alicyclic amines) is 1. The van der Waals surface area contributed by atoms with Crippen LogP contribution in [0, 0.1) is 0 Å². The van der Waals surface area contributed by atoms with Crippen molar-refractivity contribution in [3.05, 3.63) is 10.0 Å². The molecule has 0 saturated carbocycles. The van der Waals surface area contributed by atoms with Gasteiger partial charge in [-0.3, -0.25) is 4.79 Å². The smallest absolute Gasteiger partial charge is 0.284 e. The molecule has 6 heteroatoms. The van der Waals surface area contributed by atoms with Crippen molar-refractivity contribution >= 4 is 17.2 Å². The van der Waals surface area contributed by atoms with Crippen molar-refractivity contribution in [2.24, 2.45) is 0 Å². The van der Waals surface area contributed by atoms with Gasteiger partial charge in [-0.1, -0.05) is 25.2 Å². The lowest BCUT2D eigenvalue weighted by molar-refractivity contribution is 0.0763. The van der Waals surface area contributed by atoms with E-state index in [1.165, 1.54) is 11.3 Å². The first-order valence-corrected chi connectivity index (χ1v) is 6.20. The number of aromatic nitrogens is 2. The number of aliphatic hydroxyl groups excluding tert-OH is 1. The molecule has 88 valence electrons. The fourth-order valence-electron chi connectivity index (χ4n) is 1.62. The fraction of sp³-hybridized carbons (Fsp3) is 0.700. The SMILES string of the molecule is CC(C)c1nnc(C(=O)N2CC[C@@H](O)C2)s1. The number of carbonyl (C=O) groups is 1. The summed E-state index contributed by atoms with van der Waals surface area (Å²) in [6.45, 7) is 5.06. The maximum atomic E-state index is 12.0. The van der Waals surface area contributed by atoms with E-state index in [9.17, 15) is 9.90 Å². The molecule has 0 unspecified atom stereocenters. The molecular weight excluding hydrogens is 226 g/mol. The summed E-state index contributed by atoms with van der Waals surface area (Å²) in [7, 11) is 0. The van der Waals surface area contributed by atoms with Crippen LogP contribution in [-0.4, -0.2) is 45.3 Å². The Balaban J connectivity index is 2.09. The Labute approximate surface area is 98.1 Å². The maximum absolute atomic E-state index is 12.0. The molecule has 0 bridgehead atoms. The summed E-state index contributed by atoms with van der Waals surface area (Å²) in [4.78, 5) is 13.6. The van der Waals surface area contributed by atoms with E-state index >= 15 is 0 Å². The molecule has 1 aliphatic heterocycles. The van der Waals surface area contributed by atoms with Crippen LogP contribution in [0.4, 0.5) is 0 Å². The molecule has 1 N–H and O–H groups in total. The van der Waals surface area contributed by atoms with Gasteiger partial charge in [0.1, 0.15) is 5.01 Å². The van der Waals surface area contributed by atoms with E-state index in [1.807, 2.05) is 13.8 Å². The van der Waals surface area contributed by atoms with E-state index < -0.39 is 0 Å². The van der Waals surface area contributed by atoms with E-state index in [0.29, 0.717) is 30.4 Å². The first kappa shape index (κ1) is 11.5. The summed E-state index contributed by atoms with van der Waals surface area (Å²) < 4.78 is 0. The number of hydrogen-bond acceptors (Lipinski definition) is 5. The third-order valence-corrected chi connectivity index (χ3v) is 3.78. The van der Waals surface area contributed by atoms with Crippen molar-refractivity contribution in [3.63, 3.8) is 0 Å². The zero-order chi connectivity index (χ0) is 11.7. The Kier molecular flexibility index (Phi) is 3.20. The summed E-state index contributed by atoms with van der Waals surface area (Å²) in [6.07, 6.45) is 0.267. The van der Waals surface area contributed by atoms with E-state index in [4.69, 9.17) is 0 Å². The van der Waals surface area contributed by atoms with Crippen LogP contribution in [0.25, 0.3) is 0 Å². The molecule has 1 atom stereocenters. The lowest BCUT2D eigenvalue weighted by Crippen LogP contribution is -2.29. The second-order valence-electron chi connectivity index (χ2n) is 4.29. The zero-order valence-electron chi connectivity index (χ0n) is 9.38. The van der Waals surface area contributed by atoms with Gasteiger partial charge in [0.05, 0.1) is 6.10 Å². The summed E-state index contributed by atoms with van der Waals surface area (Å²) in [5, 5.41) is 18.6. The molecule has 16 heavy (non-hydrogen) atoms. The normalized spacial score (nSPS) is 20.8.